The van der Waals surface area contributed by atoms with Crippen molar-refractivity contribution in [2.45, 2.75) is 26.7 Å². The number of nitrogens with two attached hydrogens (primary N) is 1. The van der Waals surface area contributed by atoms with Gasteiger partial charge in [-0.25, -0.2) is 4.98 Å². The minimum absolute atomic E-state index is 0. The molecule has 0 saturated heterocycles. The second-order valence-corrected chi connectivity index (χ2v) is 6.49. The highest BCUT2D eigenvalue weighted by Gasteiger charge is 2.04. The molecule has 1 heterocycles. The fraction of sp³-hybridized carbons (Fsp3) is 0.412. The minimum atomic E-state index is 0. The van der Waals surface area contributed by atoms with E-state index >= 15 is 0 Å². The van der Waals surface area contributed by atoms with E-state index in [1.165, 1.54) is 5.56 Å². The normalized spacial score (nSPS) is 11.3. The predicted molar refractivity (Wildman–Crippen MR) is 111 cm³/mol. The van der Waals surface area contributed by atoms with Gasteiger partial charge in [0.05, 0.1) is 5.69 Å². The third kappa shape index (κ3) is 7.30. The number of aromatic nitrogens is 1. The Labute approximate surface area is 159 Å². The molecule has 0 aliphatic carbocycles. The number of nitrogens with one attached hydrogen (secondary N) is 1. The molecule has 0 atom stereocenters. The molecule has 2 aromatic rings. The molecular weight excluding hydrogens is 419 g/mol. The van der Waals surface area contributed by atoms with E-state index in [2.05, 4.69) is 46.7 Å². The molecule has 0 saturated carbocycles. The number of hydrogen-bond donors (Lipinski definition) is 2. The summed E-state index contributed by atoms with van der Waals surface area (Å²) in [6.45, 7) is 5.91. The van der Waals surface area contributed by atoms with Crippen molar-refractivity contribution in [3.63, 3.8) is 0 Å². The summed E-state index contributed by atoms with van der Waals surface area (Å²) in [6.07, 6.45) is 1.92. The average molecular weight is 444 g/mol. The standard InChI is InChI=1S/C17H24N4S.HI/c1-13(2)8-10-19-17(18)20-11-9-15-12-22-16(21-15)14-6-4-3-5-7-14;/h3-7,12-13H,8-11H2,1-2H3,(H3,18,19,20);1H. The third-order valence-electron chi connectivity index (χ3n) is 3.25. The molecule has 23 heavy (non-hydrogen) atoms. The van der Waals surface area contributed by atoms with E-state index in [0.717, 1.165) is 36.6 Å². The third-order valence-corrected chi connectivity index (χ3v) is 4.19. The first kappa shape index (κ1) is 19.9. The number of nitrogens with zero attached hydrogens (tertiary/aromatic N) is 2. The van der Waals surface area contributed by atoms with Crippen LogP contribution in [0.15, 0.2) is 40.7 Å². The van der Waals surface area contributed by atoms with Crippen molar-refractivity contribution in [1.82, 2.24) is 10.3 Å². The van der Waals surface area contributed by atoms with E-state index in [-0.39, 0.29) is 24.0 Å². The smallest absolute Gasteiger partial charge is 0.188 e. The van der Waals surface area contributed by atoms with E-state index in [4.69, 9.17) is 5.73 Å². The summed E-state index contributed by atoms with van der Waals surface area (Å²) in [4.78, 5) is 8.97. The summed E-state index contributed by atoms with van der Waals surface area (Å²) in [6, 6.07) is 10.3. The topological polar surface area (TPSA) is 63.3 Å². The van der Waals surface area contributed by atoms with Gasteiger partial charge >= 0.3 is 0 Å². The zero-order valence-corrected chi connectivity index (χ0v) is 16.8. The van der Waals surface area contributed by atoms with Crippen LogP contribution < -0.4 is 11.1 Å². The van der Waals surface area contributed by atoms with Gasteiger partial charge in [-0.15, -0.1) is 35.3 Å². The van der Waals surface area contributed by atoms with Crippen molar-refractivity contribution in [1.29, 1.82) is 0 Å². The highest BCUT2D eigenvalue weighted by atomic mass is 127. The van der Waals surface area contributed by atoms with Gasteiger partial charge < -0.3 is 11.1 Å². The summed E-state index contributed by atoms with van der Waals surface area (Å²) < 4.78 is 0. The van der Waals surface area contributed by atoms with E-state index < -0.39 is 0 Å². The van der Waals surface area contributed by atoms with Crippen LogP contribution in [0.1, 0.15) is 26.0 Å². The number of aliphatic imine (C=N–C) groups is 1. The number of benzene rings is 1. The van der Waals surface area contributed by atoms with Crippen molar-refractivity contribution in [2.24, 2.45) is 16.6 Å². The minimum Gasteiger partial charge on any atom is -0.370 e. The lowest BCUT2D eigenvalue weighted by Gasteiger charge is -2.05. The first-order valence-electron chi connectivity index (χ1n) is 7.68. The Hall–Kier alpha value is -1.15. The second-order valence-electron chi connectivity index (χ2n) is 5.64. The van der Waals surface area contributed by atoms with Crippen molar-refractivity contribution in [2.75, 3.05) is 13.1 Å². The van der Waals surface area contributed by atoms with E-state index in [9.17, 15) is 0 Å². The van der Waals surface area contributed by atoms with Gasteiger partial charge in [-0.2, -0.15) is 0 Å². The molecule has 0 radical (unpaired) electrons. The van der Waals surface area contributed by atoms with Gasteiger partial charge in [0.25, 0.3) is 0 Å². The lowest BCUT2D eigenvalue weighted by Crippen LogP contribution is -2.33. The van der Waals surface area contributed by atoms with Gasteiger partial charge in [0.15, 0.2) is 5.96 Å². The Morgan fingerprint density at radius 3 is 2.74 bits per heavy atom. The Morgan fingerprint density at radius 1 is 1.30 bits per heavy atom. The molecule has 0 aliphatic heterocycles. The zero-order chi connectivity index (χ0) is 15.8. The van der Waals surface area contributed by atoms with Crippen LogP contribution in [0.5, 0.6) is 0 Å². The van der Waals surface area contributed by atoms with Crippen molar-refractivity contribution < 1.29 is 0 Å². The number of guanidine groups is 1. The maximum Gasteiger partial charge on any atom is 0.188 e. The van der Waals surface area contributed by atoms with Gasteiger partial charge in [-0.1, -0.05) is 44.2 Å². The number of rotatable bonds is 7. The van der Waals surface area contributed by atoms with Crippen molar-refractivity contribution >= 4 is 41.3 Å². The molecule has 126 valence electrons. The van der Waals surface area contributed by atoms with Gasteiger partial charge in [0.2, 0.25) is 0 Å². The van der Waals surface area contributed by atoms with Crippen LogP contribution >= 0.6 is 35.3 Å². The molecule has 1 aromatic carbocycles. The van der Waals surface area contributed by atoms with Crippen LogP contribution in [-0.2, 0) is 6.42 Å². The monoisotopic (exact) mass is 444 g/mol. The number of halogens is 1. The van der Waals surface area contributed by atoms with Crippen LogP contribution in [-0.4, -0.2) is 24.0 Å². The molecular formula is C17H25IN4S. The zero-order valence-electron chi connectivity index (χ0n) is 13.7. The van der Waals surface area contributed by atoms with Gasteiger partial charge in [-0.05, 0) is 12.3 Å². The fourth-order valence-corrected chi connectivity index (χ4v) is 2.81. The summed E-state index contributed by atoms with van der Waals surface area (Å²) in [5.41, 5.74) is 8.10. The molecule has 0 amide bonds. The highest BCUT2D eigenvalue weighted by Crippen LogP contribution is 2.23. The second kappa shape index (κ2) is 10.6. The molecule has 4 nitrogen and oxygen atoms in total. The number of thiazole rings is 1. The van der Waals surface area contributed by atoms with Gasteiger partial charge in [0, 0.05) is 30.5 Å². The highest BCUT2D eigenvalue weighted by molar-refractivity contribution is 14.0. The first-order valence-corrected chi connectivity index (χ1v) is 8.56. The SMILES string of the molecule is CC(C)CCN=C(N)NCCc1csc(-c2ccccc2)n1.I. The van der Waals surface area contributed by atoms with Crippen LogP contribution in [0.4, 0.5) is 0 Å². The van der Waals surface area contributed by atoms with Crippen LogP contribution in [0.25, 0.3) is 10.6 Å². The molecule has 0 unspecified atom stereocenters. The Morgan fingerprint density at radius 2 is 2.04 bits per heavy atom. The lowest BCUT2D eigenvalue weighted by atomic mass is 10.1. The van der Waals surface area contributed by atoms with Crippen LogP contribution in [0, 0.1) is 5.92 Å². The molecule has 0 spiro atoms. The maximum atomic E-state index is 5.84. The summed E-state index contributed by atoms with van der Waals surface area (Å²) in [7, 11) is 0. The maximum absolute atomic E-state index is 5.84. The predicted octanol–water partition coefficient (Wildman–Crippen LogP) is 3.92. The Balaban J connectivity index is 0.00000264. The average Bonchev–Trinajstić information content (AvgIpc) is 2.97. The molecule has 0 bridgehead atoms. The molecule has 6 heteroatoms. The van der Waals surface area contributed by atoms with Crippen molar-refractivity contribution in [3.8, 4) is 10.6 Å². The van der Waals surface area contributed by atoms with E-state index in [0.29, 0.717) is 11.9 Å². The molecule has 0 fully saturated rings. The molecule has 2 rings (SSSR count). The Bertz CT molecular complexity index is 596. The summed E-state index contributed by atoms with van der Waals surface area (Å²) in [5, 5.41) is 6.32. The largest absolute Gasteiger partial charge is 0.370 e. The van der Waals surface area contributed by atoms with Crippen LogP contribution in [0.3, 0.4) is 0 Å². The quantitative estimate of drug-likeness (QED) is 0.387. The van der Waals surface area contributed by atoms with Gasteiger partial charge in [-0.3, -0.25) is 4.99 Å². The van der Waals surface area contributed by atoms with Crippen LogP contribution in [0.2, 0.25) is 0 Å². The molecule has 0 aliphatic rings. The first-order chi connectivity index (χ1) is 10.6. The number of hydrogen-bond acceptors (Lipinski definition) is 3. The summed E-state index contributed by atoms with van der Waals surface area (Å²) in [5.74, 6) is 1.18. The van der Waals surface area contributed by atoms with E-state index in [1.807, 2.05) is 18.2 Å². The van der Waals surface area contributed by atoms with Crippen molar-refractivity contribution in [3.05, 3.63) is 41.4 Å². The fourth-order valence-electron chi connectivity index (χ4n) is 1.95. The molecule has 1 aromatic heterocycles. The molecule has 3 N–H and O–H groups in total. The lowest BCUT2D eigenvalue weighted by molar-refractivity contribution is 0.595. The Kier molecular flexibility index (Phi) is 9.16. The van der Waals surface area contributed by atoms with E-state index in [1.54, 1.807) is 11.3 Å². The van der Waals surface area contributed by atoms with Gasteiger partial charge in [0.1, 0.15) is 5.01 Å². The summed E-state index contributed by atoms with van der Waals surface area (Å²) >= 11 is 1.68.